The first-order chi connectivity index (χ1) is 11.2. The second-order valence-corrected chi connectivity index (χ2v) is 4.96. The summed E-state index contributed by atoms with van der Waals surface area (Å²) in [4.78, 5) is 16.0. The van der Waals surface area contributed by atoms with Crippen LogP contribution in [0.15, 0.2) is 61.2 Å². The number of ether oxygens (including phenoxy) is 1. The highest BCUT2D eigenvalue weighted by molar-refractivity contribution is 5.92. The van der Waals surface area contributed by atoms with Crippen LogP contribution in [-0.2, 0) is 11.2 Å². The highest BCUT2D eigenvalue weighted by Crippen LogP contribution is 2.15. The maximum Gasteiger partial charge on any atom is 0.228 e. The Morgan fingerprint density at radius 2 is 2.04 bits per heavy atom. The first-order valence-electron chi connectivity index (χ1n) is 7.12. The number of carbonyl (C=O) groups is 1. The van der Waals surface area contributed by atoms with Crippen LogP contribution < -0.4 is 10.1 Å². The largest absolute Gasteiger partial charge is 0.497 e. The Morgan fingerprint density at radius 1 is 1.22 bits per heavy atom. The molecule has 2 aromatic carbocycles. The first kappa shape index (κ1) is 14.8. The summed E-state index contributed by atoms with van der Waals surface area (Å²) in [6.07, 6.45) is 3.39. The lowest BCUT2D eigenvalue weighted by molar-refractivity contribution is -0.115. The number of amides is 1. The number of benzene rings is 2. The average molecular weight is 308 g/mol. The fourth-order valence-corrected chi connectivity index (χ4v) is 2.21. The number of nitrogens with zero attached hydrogens (tertiary/aromatic N) is 3. The molecule has 0 unspecified atom stereocenters. The van der Waals surface area contributed by atoms with Crippen molar-refractivity contribution in [2.45, 2.75) is 6.42 Å². The summed E-state index contributed by atoms with van der Waals surface area (Å²) in [5.74, 6) is 0.666. The van der Waals surface area contributed by atoms with Gasteiger partial charge in [-0.3, -0.25) is 4.79 Å². The van der Waals surface area contributed by atoms with Crippen LogP contribution in [0, 0.1) is 0 Å². The minimum atomic E-state index is -0.0771. The molecule has 1 amide bonds. The van der Waals surface area contributed by atoms with E-state index in [9.17, 15) is 4.79 Å². The van der Waals surface area contributed by atoms with Gasteiger partial charge >= 0.3 is 0 Å². The second-order valence-electron chi connectivity index (χ2n) is 4.96. The maximum absolute atomic E-state index is 12.1. The van der Waals surface area contributed by atoms with Crippen LogP contribution in [0.4, 0.5) is 5.69 Å². The van der Waals surface area contributed by atoms with E-state index in [1.54, 1.807) is 18.1 Å². The van der Waals surface area contributed by atoms with Gasteiger partial charge in [0.1, 0.15) is 18.4 Å². The molecule has 0 aliphatic heterocycles. The van der Waals surface area contributed by atoms with Gasteiger partial charge in [0, 0.05) is 5.69 Å². The molecule has 6 heteroatoms. The maximum atomic E-state index is 12.1. The molecular weight excluding hydrogens is 292 g/mol. The summed E-state index contributed by atoms with van der Waals surface area (Å²) >= 11 is 0. The summed E-state index contributed by atoms with van der Waals surface area (Å²) in [5.41, 5.74) is 2.52. The van der Waals surface area contributed by atoms with Gasteiger partial charge in [0.05, 0.1) is 19.2 Å². The van der Waals surface area contributed by atoms with Gasteiger partial charge in [-0.15, -0.1) is 0 Å². The van der Waals surface area contributed by atoms with Crippen molar-refractivity contribution >= 4 is 11.6 Å². The summed E-state index contributed by atoms with van der Waals surface area (Å²) in [6, 6.07) is 14.9. The van der Waals surface area contributed by atoms with Gasteiger partial charge in [-0.25, -0.2) is 9.67 Å². The number of nitrogens with one attached hydrogen (secondary N) is 1. The monoisotopic (exact) mass is 308 g/mol. The molecule has 3 rings (SSSR count). The average Bonchev–Trinajstić information content (AvgIpc) is 3.10. The Kier molecular flexibility index (Phi) is 4.33. The molecule has 0 fully saturated rings. The van der Waals surface area contributed by atoms with Crippen molar-refractivity contribution in [2.75, 3.05) is 12.4 Å². The van der Waals surface area contributed by atoms with E-state index in [-0.39, 0.29) is 5.91 Å². The van der Waals surface area contributed by atoms with E-state index in [4.69, 9.17) is 4.74 Å². The van der Waals surface area contributed by atoms with Crippen LogP contribution in [0.25, 0.3) is 5.69 Å². The van der Waals surface area contributed by atoms with Crippen LogP contribution in [0.2, 0.25) is 0 Å². The molecule has 0 spiro atoms. The third-order valence-electron chi connectivity index (χ3n) is 3.33. The molecule has 1 heterocycles. The van der Waals surface area contributed by atoms with Crippen LogP contribution in [0.3, 0.4) is 0 Å². The molecule has 1 aromatic heterocycles. The Balaban J connectivity index is 1.63. The molecule has 0 aliphatic carbocycles. The Hall–Kier alpha value is -3.15. The first-order valence-corrected chi connectivity index (χ1v) is 7.12. The molecule has 0 saturated carbocycles. The number of aromatic nitrogens is 3. The smallest absolute Gasteiger partial charge is 0.228 e. The van der Waals surface area contributed by atoms with Gasteiger partial charge < -0.3 is 10.1 Å². The molecule has 3 aromatic rings. The van der Waals surface area contributed by atoms with Crippen LogP contribution in [0.5, 0.6) is 5.75 Å². The normalized spacial score (nSPS) is 10.3. The second kappa shape index (κ2) is 6.74. The predicted molar refractivity (Wildman–Crippen MR) is 86.7 cm³/mol. The summed E-state index contributed by atoms with van der Waals surface area (Å²) < 4.78 is 6.81. The Bertz CT molecular complexity index is 783. The van der Waals surface area contributed by atoms with Crippen molar-refractivity contribution in [3.8, 4) is 11.4 Å². The van der Waals surface area contributed by atoms with Gasteiger partial charge in [-0.1, -0.05) is 12.1 Å². The van der Waals surface area contributed by atoms with Gasteiger partial charge in [0.15, 0.2) is 0 Å². The summed E-state index contributed by atoms with van der Waals surface area (Å²) in [6.45, 7) is 0. The van der Waals surface area contributed by atoms with Crippen molar-refractivity contribution < 1.29 is 9.53 Å². The summed E-state index contributed by atoms with van der Waals surface area (Å²) in [5, 5.41) is 6.93. The standard InChI is InChI=1S/C17H16N4O2/c1-23-16-4-2-3-13(9-16)10-17(22)20-14-5-7-15(8-6-14)21-12-18-11-19-21/h2-9,11-12H,10H2,1H3,(H,20,22). The fourth-order valence-electron chi connectivity index (χ4n) is 2.21. The van der Waals surface area contributed by atoms with Gasteiger partial charge in [0.25, 0.3) is 0 Å². The van der Waals surface area contributed by atoms with Crippen LogP contribution in [-0.4, -0.2) is 27.8 Å². The fraction of sp³-hybridized carbons (Fsp3) is 0.118. The van der Waals surface area contributed by atoms with Crippen LogP contribution in [0.1, 0.15) is 5.56 Å². The molecule has 0 saturated heterocycles. The van der Waals surface area contributed by atoms with E-state index in [0.29, 0.717) is 6.42 Å². The minimum absolute atomic E-state index is 0.0771. The third kappa shape index (κ3) is 3.74. The highest BCUT2D eigenvalue weighted by Gasteiger charge is 2.05. The highest BCUT2D eigenvalue weighted by atomic mass is 16.5. The molecule has 1 N–H and O–H groups in total. The number of carbonyl (C=O) groups excluding carboxylic acids is 1. The van der Waals surface area contributed by atoms with E-state index in [1.807, 2.05) is 48.5 Å². The van der Waals surface area contributed by atoms with Crippen molar-refractivity contribution in [1.29, 1.82) is 0 Å². The zero-order chi connectivity index (χ0) is 16.1. The van der Waals surface area contributed by atoms with E-state index in [1.165, 1.54) is 6.33 Å². The predicted octanol–water partition coefficient (Wildman–Crippen LogP) is 2.46. The van der Waals surface area contributed by atoms with Crippen molar-refractivity contribution in [1.82, 2.24) is 14.8 Å². The zero-order valence-electron chi connectivity index (χ0n) is 12.6. The molecule has 0 bridgehead atoms. The van der Waals surface area contributed by atoms with E-state index in [0.717, 1.165) is 22.7 Å². The molecule has 6 nitrogen and oxygen atoms in total. The van der Waals surface area contributed by atoms with E-state index >= 15 is 0 Å². The van der Waals surface area contributed by atoms with Crippen LogP contribution >= 0.6 is 0 Å². The topological polar surface area (TPSA) is 69.0 Å². The zero-order valence-corrected chi connectivity index (χ0v) is 12.6. The number of hydrogen-bond donors (Lipinski definition) is 1. The SMILES string of the molecule is COc1cccc(CC(=O)Nc2ccc(-n3cncn3)cc2)c1. The minimum Gasteiger partial charge on any atom is -0.497 e. The number of anilines is 1. The Labute approximate surface area is 133 Å². The lowest BCUT2D eigenvalue weighted by Crippen LogP contribution is -2.14. The number of methoxy groups -OCH3 is 1. The molecule has 0 radical (unpaired) electrons. The van der Waals surface area contributed by atoms with Gasteiger partial charge in [0.2, 0.25) is 5.91 Å². The van der Waals surface area contributed by atoms with Crippen molar-refractivity contribution in [3.05, 3.63) is 66.7 Å². The number of hydrogen-bond acceptors (Lipinski definition) is 4. The van der Waals surface area contributed by atoms with Crippen molar-refractivity contribution in [3.63, 3.8) is 0 Å². The third-order valence-corrected chi connectivity index (χ3v) is 3.33. The molecular formula is C17H16N4O2. The Morgan fingerprint density at radius 3 is 2.74 bits per heavy atom. The van der Waals surface area contributed by atoms with Gasteiger partial charge in [-0.05, 0) is 42.0 Å². The summed E-state index contributed by atoms with van der Waals surface area (Å²) in [7, 11) is 1.61. The van der Waals surface area contributed by atoms with Crippen molar-refractivity contribution in [2.24, 2.45) is 0 Å². The number of rotatable bonds is 5. The van der Waals surface area contributed by atoms with E-state index < -0.39 is 0 Å². The molecule has 0 aliphatic rings. The lowest BCUT2D eigenvalue weighted by atomic mass is 10.1. The molecule has 116 valence electrons. The van der Waals surface area contributed by atoms with E-state index in [2.05, 4.69) is 15.4 Å². The molecule has 23 heavy (non-hydrogen) atoms. The van der Waals surface area contributed by atoms with Gasteiger partial charge in [-0.2, -0.15) is 5.10 Å². The lowest BCUT2D eigenvalue weighted by Gasteiger charge is -2.07. The quantitative estimate of drug-likeness (QED) is 0.786. The molecule has 0 atom stereocenters.